The van der Waals surface area contributed by atoms with Crippen LogP contribution in [-0.2, 0) is 9.59 Å². The number of benzene rings is 1. The van der Waals surface area contributed by atoms with E-state index in [-0.39, 0.29) is 17.7 Å². The maximum Gasteiger partial charge on any atom is 0.263 e. The van der Waals surface area contributed by atoms with Crippen molar-refractivity contribution in [1.29, 1.82) is 0 Å². The Labute approximate surface area is 136 Å². The molecule has 0 bridgehead atoms. The molecule has 1 saturated heterocycles. The number of likely N-dealkylation sites (tertiary alicyclic amines) is 1. The zero-order chi connectivity index (χ0) is 16.8. The lowest BCUT2D eigenvalue weighted by Gasteiger charge is -2.33. The number of nitrogens with zero attached hydrogens (tertiary/aromatic N) is 1. The van der Waals surface area contributed by atoms with Crippen LogP contribution in [0.1, 0.15) is 26.2 Å². The van der Waals surface area contributed by atoms with E-state index in [9.17, 15) is 9.59 Å². The molecule has 23 heavy (non-hydrogen) atoms. The zero-order valence-electron chi connectivity index (χ0n) is 13.7. The summed E-state index contributed by atoms with van der Waals surface area (Å²) in [5.74, 6) is 0.940. The van der Waals surface area contributed by atoms with Crippen molar-refractivity contribution in [1.82, 2.24) is 4.90 Å². The molecule has 0 radical (unpaired) electrons. The van der Waals surface area contributed by atoms with Gasteiger partial charge in [0, 0.05) is 19.0 Å². The number of carbonyl (C=O) groups excluding carboxylic acids is 2. The van der Waals surface area contributed by atoms with Gasteiger partial charge in [-0.1, -0.05) is 6.92 Å². The van der Waals surface area contributed by atoms with E-state index < -0.39 is 6.10 Å². The molecule has 126 valence electrons. The quantitative estimate of drug-likeness (QED) is 0.862. The van der Waals surface area contributed by atoms with Gasteiger partial charge in [-0.25, -0.2) is 0 Å². The van der Waals surface area contributed by atoms with Crippen LogP contribution in [-0.4, -0.2) is 43.0 Å². The Hall–Kier alpha value is -2.24. The summed E-state index contributed by atoms with van der Waals surface area (Å²) in [7, 11) is 1.60. The Bertz CT molecular complexity index is 536. The monoisotopic (exact) mass is 320 g/mol. The lowest BCUT2D eigenvalue weighted by atomic mass is 9.96. The van der Waals surface area contributed by atoms with E-state index in [1.165, 1.54) is 0 Å². The van der Waals surface area contributed by atoms with E-state index in [4.69, 9.17) is 15.2 Å². The van der Waals surface area contributed by atoms with Crippen LogP contribution >= 0.6 is 0 Å². The van der Waals surface area contributed by atoms with Crippen molar-refractivity contribution in [3.05, 3.63) is 24.3 Å². The van der Waals surface area contributed by atoms with Gasteiger partial charge in [-0.05, 0) is 43.5 Å². The first-order valence-corrected chi connectivity index (χ1v) is 7.94. The van der Waals surface area contributed by atoms with E-state index in [0.717, 1.165) is 5.75 Å². The van der Waals surface area contributed by atoms with Crippen LogP contribution in [0.25, 0.3) is 0 Å². The number of amides is 2. The molecular formula is C17H24N2O4. The SMILES string of the molecule is CC[C@@H](Oc1ccc(OC)cc1)C(=O)N1CCC(C(N)=O)CC1. The smallest absolute Gasteiger partial charge is 0.263 e. The number of ether oxygens (including phenoxy) is 2. The van der Waals surface area contributed by atoms with E-state index in [1.807, 2.05) is 6.92 Å². The summed E-state index contributed by atoms with van der Waals surface area (Å²) in [4.78, 5) is 25.6. The van der Waals surface area contributed by atoms with E-state index >= 15 is 0 Å². The average Bonchev–Trinajstić information content (AvgIpc) is 2.59. The molecule has 0 aromatic heterocycles. The number of hydrogen-bond donors (Lipinski definition) is 1. The molecule has 0 saturated carbocycles. The molecule has 1 aliphatic rings. The van der Waals surface area contributed by atoms with Crippen LogP contribution in [0.5, 0.6) is 11.5 Å². The fourth-order valence-electron chi connectivity index (χ4n) is 2.71. The van der Waals surface area contributed by atoms with Crippen molar-refractivity contribution < 1.29 is 19.1 Å². The molecule has 6 heteroatoms. The second-order valence-corrected chi connectivity index (χ2v) is 5.69. The Morgan fingerprint density at radius 3 is 2.26 bits per heavy atom. The lowest BCUT2D eigenvalue weighted by Crippen LogP contribution is -2.47. The molecule has 6 nitrogen and oxygen atoms in total. The molecule has 1 aromatic rings. The minimum absolute atomic E-state index is 0.0359. The summed E-state index contributed by atoms with van der Waals surface area (Å²) < 4.78 is 10.9. The largest absolute Gasteiger partial charge is 0.497 e. The second-order valence-electron chi connectivity index (χ2n) is 5.69. The van der Waals surface area contributed by atoms with Crippen LogP contribution < -0.4 is 15.2 Å². The minimum atomic E-state index is -0.520. The normalized spacial score (nSPS) is 16.7. The van der Waals surface area contributed by atoms with Crippen molar-refractivity contribution in [2.24, 2.45) is 11.7 Å². The van der Waals surface area contributed by atoms with Gasteiger partial charge in [0.1, 0.15) is 11.5 Å². The van der Waals surface area contributed by atoms with Gasteiger partial charge in [-0.3, -0.25) is 9.59 Å². The standard InChI is InChI=1S/C17H24N2O4/c1-3-15(23-14-6-4-13(22-2)5-7-14)17(21)19-10-8-12(9-11-19)16(18)20/h4-7,12,15H,3,8-11H2,1-2H3,(H2,18,20)/t15-/m1/s1. The summed E-state index contributed by atoms with van der Waals surface area (Å²) in [5, 5.41) is 0. The number of methoxy groups -OCH3 is 1. The van der Waals surface area contributed by atoms with Crippen molar-refractivity contribution >= 4 is 11.8 Å². The molecule has 2 amide bonds. The average molecular weight is 320 g/mol. The van der Waals surface area contributed by atoms with Gasteiger partial charge in [0.15, 0.2) is 6.10 Å². The molecular weight excluding hydrogens is 296 g/mol. The number of carbonyl (C=O) groups is 2. The van der Waals surface area contributed by atoms with E-state index in [0.29, 0.717) is 38.1 Å². The third kappa shape index (κ3) is 4.37. The Morgan fingerprint density at radius 1 is 1.22 bits per heavy atom. The van der Waals surface area contributed by atoms with Crippen molar-refractivity contribution in [3.63, 3.8) is 0 Å². The fourth-order valence-corrected chi connectivity index (χ4v) is 2.71. The summed E-state index contributed by atoms with van der Waals surface area (Å²) in [6, 6.07) is 7.16. The Kier molecular flexibility index (Phi) is 5.84. The maximum absolute atomic E-state index is 12.6. The number of nitrogens with two attached hydrogens (primary N) is 1. The van der Waals surface area contributed by atoms with Gasteiger partial charge in [-0.15, -0.1) is 0 Å². The number of rotatable bonds is 6. The van der Waals surface area contributed by atoms with Crippen LogP contribution in [0, 0.1) is 5.92 Å². The predicted molar refractivity (Wildman–Crippen MR) is 86.2 cm³/mol. The summed E-state index contributed by atoms with van der Waals surface area (Å²) in [5.41, 5.74) is 5.32. The highest BCUT2D eigenvalue weighted by molar-refractivity contribution is 5.82. The van der Waals surface area contributed by atoms with Gasteiger partial charge in [0.05, 0.1) is 7.11 Å². The van der Waals surface area contributed by atoms with Crippen LogP contribution in [0.15, 0.2) is 24.3 Å². The minimum Gasteiger partial charge on any atom is -0.497 e. The van der Waals surface area contributed by atoms with Gasteiger partial charge < -0.3 is 20.1 Å². The fraction of sp³-hybridized carbons (Fsp3) is 0.529. The van der Waals surface area contributed by atoms with Gasteiger partial charge in [0.25, 0.3) is 5.91 Å². The van der Waals surface area contributed by atoms with Crippen molar-refractivity contribution in [3.8, 4) is 11.5 Å². The topological polar surface area (TPSA) is 81.9 Å². The van der Waals surface area contributed by atoms with Crippen LogP contribution in [0.4, 0.5) is 0 Å². The molecule has 0 spiro atoms. The van der Waals surface area contributed by atoms with E-state index in [2.05, 4.69) is 0 Å². The summed E-state index contributed by atoms with van der Waals surface area (Å²) >= 11 is 0. The molecule has 1 fully saturated rings. The van der Waals surface area contributed by atoms with Gasteiger partial charge in [-0.2, -0.15) is 0 Å². The van der Waals surface area contributed by atoms with Crippen LogP contribution in [0.3, 0.4) is 0 Å². The summed E-state index contributed by atoms with van der Waals surface area (Å²) in [6.07, 6.45) is 1.31. The van der Waals surface area contributed by atoms with Crippen LogP contribution in [0.2, 0.25) is 0 Å². The highest BCUT2D eigenvalue weighted by Crippen LogP contribution is 2.22. The molecule has 1 aliphatic heterocycles. The number of piperidine rings is 1. The molecule has 0 unspecified atom stereocenters. The highest BCUT2D eigenvalue weighted by Gasteiger charge is 2.30. The van der Waals surface area contributed by atoms with Crippen molar-refractivity contribution in [2.45, 2.75) is 32.3 Å². The van der Waals surface area contributed by atoms with E-state index in [1.54, 1.807) is 36.3 Å². The predicted octanol–water partition coefficient (Wildman–Crippen LogP) is 1.58. The van der Waals surface area contributed by atoms with Gasteiger partial charge >= 0.3 is 0 Å². The first kappa shape index (κ1) is 17.1. The lowest BCUT2D eigenvalue weighted by molar-refractivity contribution is -0.141. The van der Waals surface area contributed by atoms with Crippen molar-refractivity contribution in [2.75, 3.05) is 20.2 Å². The molecule has 2 N–H and O–H groups in total. The second kappa shape index (κ2) is 7.85. The Morgan fingerprint density at radius 2 is 1.78 bits per heavy atom. The third-order valence-electron chi connectivity index (χ3n) is 4.19. The maximum atomic E-state index is 12.6. The Balaban J connectivity index is 1.94. The van der Waals surface area contributed by atoms with Gasteiger partial charge in [0.2, 0.25) is 5.91 Å². The third-order valence-corrected chi connectivity index (χ3v) is 4.19. The summed E-state index contributed by atoms with van der Waals surface area (Å²) in [6.45, 7) is 3.02. The molecule has 1 atom stereocenters. The molecule has 1 aromatic carbocycles. The first-order chi connectivity index (χ1) is 11.0. The first-order valence-electron chi connectivity index (χ1n) is 7.94. The molecule has 0 aliphatic carbocycles. The zero-order valence-corrected chi connectivity index (χ0v) is 13.7. The molecule has 1 heterocycles. The number of primary amides is 1. The number of hydrogen-bond acceptors (Lipinski definition) is 4. The highest BCUT2D eigenvalue weighted by atomic mass is 16.5. The molecule has 2 rings (SSSR count).